The van der Waals surface area contributed by atoms with Crippen molar-refractivity contribution in [3.8, 4) is 10.6 Å². The molecule has 0 saturated carbocycles. The molecule has 138 valence electrons. The van der Waals surface area contributed by atoms with E-state index in [2.05, 4.69) is 47.9 Å². The highest BCUT2D eigenvalue weighted by atomic mass is 32.1. The summed E-state index contributed by atoms with van der Waals surface area (Å²) in [5.74, 6) is 0.162. The normalized spacial score (nSPS) is 23.3. The molecule has 1 aromatic heterocycles. The largest absolute Gasteiger partial charge is 0.332 e. The molecule has 0 N–H and O–H groups in total. The molecule has 2 aliphatic rings. The molecule has 4 nitrogen and oxygen atoms in total. The molecule has 2 aliphatic heterocycles. The number of aromatic nitrogens is 1. The summed E-state index contributed by atoms with van der Waals surface area (Å²) in [5.41, 5.74) is 3.28. The molecular formula is C21H27N3OS. The fraction of sp³-hybridized carbons (Fsp3) is 0.524. The Bertz CT molecular complexity index is 798. The number of rotatable bonds is 3. The summed E-state index contributed by atoms with van der Waals surface area (Å²) in [4.78, 5) is 23.4. The molecule has 0 aliphatic carbocycles. The van der Waals surface area contributed by atoms with Crippen molar-refractivity contribution in [2.75, 3.05) is 19.6 Å². The molecule has 2 fully saturated rings. The van der Waals surface area contributed by atoms with E-state index in [1.54, 1.807) is 0 Å². The first-order valence-corrected chi connectivity index (χ1v) is 10.5. The second kappa shape index (κ2) is 7.12. The Morgan fingerprint density at radius 1 is 1.27 bits per heavy atom. The van der Waals surface area contributed by atoms with E-state index in [0.29, 0.717) is 6.04 Å². The molecule has 1 aromatic carbocycles. The Morgan fingerprint density at radius 3 is 2.77 bits per heavy atom. The zero-order valence-corrected chi connectivity index (χ0v) is 16.7. The molecular weight excluding hydrogens is 342 g/mol. The van der Waals surface area contributed by atoms with Crippen LogP contribution in [0.15, 0.2) is 24.3 Å². The number of hydrogen-bond acceptors (Lipinski definition) is 4. The van der Waals surface area contributed by atoms with Crippen molar-refractivity contribution in [2.24, 2.45) is 0 Å². The average molecular weight is 370 g/mol. The Hall–Kier alpha value is -1.72. The number of carbonyl (C=O) groups excluding carboxylic acids is 1. The first-order chi connectivity index (χ1) is 12.6. The minimum absolute atomic E-state index is 0.162. The summed E-state index contributed by atoms with van der Waals surface area (Å²) < 4.78 is 0. The van der Waals surface area contributed by atoms with Crippen LogP contribution in [0.2, 0.25) is 0 Å². The van der Waals surface area contributed by atoms with E-state index < -0.39 is 0 Å². The molecule has 4 rings (SSSR count). The zero-order valence-electron chi connectivity index (χ0n) is 15.9. The van der Waals surface area contributed by atoms with Gasteiger partial charge in [0.2, 0.25) is 0 Å². The Morgan fingerprint density at radius 2 is 2.04 bits per heavy atom. The summed E-state index contributed by atoms with van der Waals surface area (Å²) in [7, 11) is 0. The molecule has 2 unspecified atom stereocenters. The third kappa shape index (κ3) is 3.19. The predicted octanol–water partition coefficient (Wildman–Crippen LogP) is 3.99. The maximum Gasteiger partial charge on any atom is 0.266 e. The zero-order chi connectivity index (χ0) is 18.3. The van der Waals surface area contributed by atoms with E-state index in [1.807, 2.05) is 6.92 Å². The second-order valence-electron chi connectivity index (χ2n) is 7.58. The van der Waals surface area contributed by atoms with Gasteiger partial charge in [-0.2, -0.15) is 0 Å². The van der Waals surface area contributed by atoms with Crippen LogP contribution in [0.4, 0.5) is 0 Å². The molecule has 26 heavy (non-hydrogen) atoms. The lowest BCUT2D eigenvalue weighted by Gasteiger charge is -2.42. The van der Waals surface area contributed by atoms with Crippen molar-refractivity contribution in [3.05, 3.63) is 40.4 Å². The number of piperazine rings is 1. The van der Waals surface area contributed by atoms with Crippen molar-refractivity contribution in [1.29, 1.82) is 0 Å². The maximum atomic E-state index is 13.2. The highest BCUT2D eigenvalue weighted by molar-refractivity contribution is 7.17. The number of amides is 1. The summed E-state index contributed by atoms with van der Waals surface area (Å²) in [5, 5.41) is 0.945. The highest BCUT2D eigenvalue weighted by Crippen LogP contribution is 2.31. The fourth-order valence-electron chi connectivity index (χ4n) is 4.20. The van der Waals surface area contributed by atoms with Gasteiger partial charge >= 0.3 is 0 Å². The van der Waals surface area contributed by atoms with Crippen molar-refractivity contribution in [1.82, 2.24) is 14.8 Å². The Labute approximate surface area is 159 Å². The number of aryl methyl sites for hydroxylation is 2. The number of thiazole rings is 1. The van der Waals surface area contributed by atoms with Crippen LogP contribution >= 0.6 is 11.3 Å². The molecule has 3 heterocycles. The van der Waals surface area contributed by atoms with Crippen LogP contribution in [0.5, 0.6) is 0 Å². The van der Waals surface area contributed by atoms with Crippen LogP contribution in [0.25, 0.3) is 10.6 Å². The van der Waals surface area contributed by atoms with Crippen molar-refractivity contribution >= 4 is 17.2 Å². The second-order valence-corrected chi connectivity index (χ2v) is 8.58. The van der Waals surface area contributed by atoms with Gasteiger partial charge in [-0.25, -0.2) is 4.98 Å². The first kappa shape index (κ1) is 17.7. The minimum atomic E-state index is 0.162. The van der Waals surface area contributed by atoms with Crippen LogP contribution in [-0.2, 0) is 6.42 Å². The van der Waals surface area contributed by atoms with E-state index in [9.17, 15) is 4.79 Å². The first-order valence-electron chi connectivity index (χ1n) is 9.68. The van der Waals surface area contributed by atoms with Gasteiger partial charge in [0.25, 0.3) is 5.91 Å². The van der Waals surface area contributed by atoms with E-state index >= 15 is 0 Å². The smallest absolute Gasteiger partial charge is 0.266 e. The molecule has 0 spiro atoms. The molecule has 5 heteroatoms. The van der Waals surface area contributed by atoms with Gasteiger partial charge < -0.3 is 4.90 Å². The van der Waals surface area contributed by atoms with Gasteiger partial charge in [0.1, 0.15) is 9.88 Å². The Kier molecular flexibility index (Phi) is 4.84. The topological polar surface area (TPSA) is 36.4 Å². The van der Waals surface area contributed by atoms with Crippen LogP contribution in [0.3, 0.4) is 0 Å². The van der Waals surface area contributed by atoms with E-state index in [4.69, 9.17) is 4.98 Å². The fourth-order valence-corrected chi connectivity index (χ4v) is 5.23. The van der Waals surface area contributed by atoms with Gasteiger partial charge in [-0.3, -0.25) is 9.69 Å². The van der Waals surface area contributed by atoms with Gasteiger partial charge in [-0.15, -0.1) is 11.3 Å². The quantitative estimate of drug-likeness (QED) is 0.821. The van der Waals surface area contributed by atoms with Crippen LogP contribution in [0, 0.1) is 6.92 Å². The minimum Gasteiger partial charge on any atom is -0.332 e. The lowest BCUT2D eigenvalue weighted by molar-refractivity contribution is 0.0399. The molecule has 2 atom stereocenters. The Balaban J connectivity index is 1.57. The third-order valence-electron chi connectivity index (χ3n) is 5.80. The average Bonchev–Trinajstić information content (AvgIpc) is 3.26. The van der Waals surface area contributed by atoms with Gasteiger partial charge in [-0.05, 0) is 45.2 Å². The van der Waals surface area contributed by atoms with Gasteiger partial charge in [0, 0.05) is 30.7 Å². The molecule has 0 bridgehead atoms. The third-order valence-corrected chi connectivity index (χ3v) is 6.99. The monoisotopic (exact) mass is 369 g/mol. The summed E-state index contributed by atoms with van der Waals surface area (Å²) in [6.07, 6.45) is 3.51. The van der Waals surface area contributed by atoms with Gasteiger partial charge in [0.15, 0.2) is 0 Å². The summed E-state index contributed by atoms with van der Waals surface area (Å²) in [6.45, 7) is 9.34. The maximum absolute atomic E-state index is 13.2. The van der Waals surface area contributed by atoms with Crippen molar-refractivity contribution < 1.29 is 4.79 Å². The van der Waals surface area contributed by atoms with Crippen molar-refractivity contribution in [2.45, 2.75) is 52.1 Å². The van der Waals surface area contributed by atoms with Gasteiger partial charge in [0.05, 0.1) is 5.69 Å². The molecule has 2 aromatic rings. The summed E-state index contributed by atoms with van der Waals surface area (Å²) >= 11 is 1.54. The highest BCUT2D eigenvalue weighted by Gasteiger charge is 2.37. The van der Waals surface area contributed by atoms with E-state index in [-0.39, 0.29) is 11.9 Å². The number of fused-ring (bicyclic) bond motifs is 1. The van der Waals surface area contributed by atoms with Crippen LogP contribution in [-0.4, -0.2) is 52.4 Å². The van der Waals surface area contributed by atoms with Crippen molar-refractivity contribution in [3.63, 3.8) is 0 Å². The number of carbonyl (C=O) groups is 1. The number of nitrogens with zero attached hydrogens (tertiary/aromatic N) is 3. The molecule has 2 saturated heterocycles. The van der Waals surface area contributed by atoms with Crippen LogP contribution < -0.4 is 0 Å². The van der Waals surface area contributed by atoms with E-state index in [0.717, 1.165) is 40.7 Å². The summed E-state index contributed by atoms with van der Waals surface area (Å²) in [6, 6.07) is 9.34. The number of benzene rings is 1. The number of hydrogen-bond donors (Lipinski definition) is 0. The lowest BCUT2D eigenvalue weighted by atomic mass is 10.1. The SMILES string of the molecule is CCc1ccc(-c2nc(C)c(C(=O)N3CC4CCCN4CC3C)s2)cc1. The predicted molar refractivity (Wildman–Crippen MR) is 107 cm³/mol. The molecule has 1 amide bonds. The van der Waals surface area contributed by atoms with Gasteiger partial charge in [-0.1, -0.05) is 31.2 Å². The van der Waals surface area contributed by atoms with E-state index in [1.165, 1.54) is 36.3 Å². The standard InChI is InChI=1S/C21H27N3OS/c1-4-16-7-9-17(10-8-16)20-22-15(3)19(26-20)21(25)24-13-18-6-5-11-23(18)12-14(24)2/h7-10,14,18H,4-6,11-13H2,1-3H3. The van der Waals surface area contributed by atoms with Crippen LogP contribution in [0.1, 0.15) is 47.6 Å². The lowest BCUT2D eigenvalue weighted by Crippen LogP contribution is -2.56. The molecule has 0 radical (unpaired) electrons.